The van der Waals surface area contributed by atoms with E-state index in [-0.39, 0.29) is 0 Å². The Labute approximate surface area is 123 Å². The van der Waals surface area contributed by atoms with Crippen LogP contribution in [0.15, 0.2) is 30.7 Å². The Bertz CT molecular complexity index is 734. The zero-order valence-corrected chi connectivity index (χ0v) is 12.3. The second-order valence-corrected chi connectivity index (χ2v) is 5.29. The van der Waals surface area contributed by atoms with Crippen molar-refractivity contribution in [2.75, 3.05) is 11.9 Å². The van der Waals surface area contributed by atoms with Crippen molar-refractivity contribution in [1.82, 2.24) is 20.2 Å². The number of benzene rings is 1. The highest BCUT2D eigenvalue weighted by Gasteiger charge is 2.05. The Balaban J connectivity index is 1.70. The molecule has 0 spiro atoms. The van der Waals surface area contributed by atoms with Gasteiger partial charge in [0, 0.05) is 23.8 Å². The minimum Gasteiger partial charge on any atom is -0.369 e. The van der Waals surface area contributed by atoms with Crippen molar-refractivity contribution in [3.8, 4) is 0 Å². The molecule has 0 aliphatic heterocycles. The van der Waals surface area contributed by atoms with E-state index >= 15 is 0 Å². The third kappa shape index (κ3) is 3.02. The standard InChI is InChI=1S/C16H19N5/c1-11-8-14-15(9-12(11)2)18-10-19-16(14)17-6-3-4-13-5-7-20-21-13/h5,7-10H,3-4,6H2,1-2H3,(H,20,21)(H,17,18,19). The molecule has 0 amide bonds. The van der Waals surface area contributed by atoms with E-state index < -0.39 is 0 Å². The first-order valence-corrected chi connectivity index (χ1v) is 7.18. The Morgan fingerprint density at radius 2 is 2.00 bits per heavy atom. The molecule has 5 heteroatoms. The topological polar surface area (TPSA) is 66.5 Å². The van der Waals surface area contributed by atoms with Gasteiger partial charge in [-0.1, -0.05) is 0 Å². The van der Waals surface area contributed by atoms with Crippen LogP contribution in [0.3, 0.4) is 0 Å². The molecule has 2 aromatic heterocycles. The van der Waals surface area contributed by atoms with Gasteiger partial charge in [-0.3, -0.25) is 5.10 Å². The van der Waals surface area contributed by atoms with Crippen molar-refractivity contribution >= 4 is 16.7 Å². The number of aryl methyl sites for hydroxylation is 3. The summed E-state index contributed by atoms with van der Waals surface area (Å²) in [4.78, 5) is 8.72. The zero-order valence-electron chi connectivity index (χ0n) is 12.3. The lowest BCUT2D eigenvalue weighted by atomic mass is 10.1. The van der Waals surface area contributed by atoms with Crippen molar-refractivity contribution < 1.29 is 0 Å². The van der Waals surface area contributed by atoms with E-state index in [1.165, 1.54) is 11.1 Å². The van der Waals surface area contributed by atoms with Crippen LogP contribution in [0.5, 0.6) is 0 Å². The molecule has 0 saturated heterocycles. The van der Waals surface area contributed by atoms with E-state index in [2.05, 4.69) is 51.5 Å². The van der Waals surface area contributed by atoms with Crippen molar-refractivity contribution in [2.45, 2.75) is 26.7 Å². The summed E-state index contributed by atoms with van der Waals surface area (Å²) in [6.45, 7) is 5.09. The van der Waals surface area contributed by atoms with Crippen molar-refractivity contribution in [3.05, 3.63) is 47.5 Å². The van der Waals surface area contributed by atoms with Crippen molar-refractivity contribution in [1.29, 1.82) is 0 Å². The van der Waals surface area contributed by atoms with Gasteiger partial charge in [-0.2, -0.15) is 5.10 Å². The number of hydrogen-bond donors (Lipinski definition) is 2. The molecule has 108 valence electrons. The van der Waals surface area contributed by atoms with Crippen LogP contribution in [0, 0.1) is 13.8 Å². The molecule has 0 fully saturated rings. The van der Waals surface area contributed by atoms with Gasteiger partial charge in [-0.15, -0.1) is 0 Å². The average Bonchev–Trinajstić information content (AvgIpc) is 2.98. The van der Waals surface area contributed by atoms with Crippen LogP contribution in [0.2, 0.25) is 0 Å². The third-order valence-electron chi connectivity index (χ3n) is 3.72. The van der Waals surface area contributed by atoms with Crippen LogP contribution < -0.4 is 5.32 Å². The lowest BCUT2D eigenvalue weighted by Crippen LogP contribution is -2.06. The first-order chi connectivity index (χ1) is 10.2. The maximum Gasteiger partial charge on any atom is 0.137 e. The summed E-state index contributed by atoms with van der Waals surface area (Å²) in [5.41, 5.74) is 4.67. The SMILES string of the molecule is Cc1cc2ncnc(NCCCc3ccn[nH]3)c2cc1C. The van der Waals surface area contributed by atoms with Crippen LogP contribution in [0.25, 0.3) is 10.9 Å². The predicted molar refractivity (Wildman–Crippen MR) is 84.4 cm³/mol. The van der Waals surface area contributed by atoms with Crippen LogP contribution in [-0.2, 0) is 6.42 Å². The number of fused-ring (bicyclic) bond motifs is 1. The van der Waals surface area contributed by atoms with E-state index in [1.807, 2.05) is 6.07 Å². The largest absolute Gasteiger partial charge is 0.369 e. The molecular weight excluding hydrogens is 262 g/mol. The molecule has 0 atom stereocenters. The summed E-state index contributed by atoms with van der Waals surface area (Å²) in [6.07, 6.45) is 5.41. The molecule has 0 aliphatic rings. The lowest BCUT2D eigenvalue weighted by Gasteiger charge is -2.09. The quantitative estimate of drug-likeness (QED) is 0.705. The molecular formula is C16H19N5. The minimum atomic E-state index is 0.873. The van der Waals surface area contributed by atoms with Crippen molar-refractivity contribution in [3.63, 3.8) is 0 Å². The number of rotatable bonds is 5. The summed E-state index contributed by atoms with van der Waals surface area (Å²) in [7, 11) is 0. The number of aromatic amines is 1. The molecule has 0 radical (unpaired) electrons. The fourth-order valence-corrected chi connectivity index (χ4v) is 2.37. The monoisotopic (exact) mass is 281 g/mol. The number of H-pyrrole nitrogens is 1. The Morgan fingerprint density at radius 3 is 2.81 bits per heavy atom. The molecule has 1 aromatic carbocycles. The highest BCUT2D eigenvalue weighted by atomic mass is 15.1. The van der Waals surface area contributed by atoms with Gasteiger partial charge in [-0.05, 0) is 56.0 Å². The molecule has 3 rings (SSSR count). The highest BCUT2D eigenvalue weighted by Crippen LogP contribution is 2.22. The average molecular weight is 281 g/mol. The minimum absolute atomic E-state index is 0.873. The fourth-order valence-electron chi connectivity index (χ4n) is 2.37. The maximum absolute atomic E-state index is 4.37. The van der Waals surface area contributed by atoms with E-state index in [0.29, 0.717) is 0 Å². The highest BCUT2D eigenvalue weighted by molar-refractivity contribution is 5.89. The summed E-state index contributed by atoms with van der Waals surface area (Å²) in [5.74, 6) is 0.910. The fraction of sp³-hybridized carbons (Fsp3) is 0.312. The van der Waals surface area contributed by atoms with E-state index in [1.54, 1.807) is 12.5 Å². The Kier molecular flexibility index (Phi) is 3.81. The molecule has 3 aromatic rings. The number of nitrogens with one attached hydrogen (secondary N) is 2. The van der Waals surface area contributed by atoms with Crippen LogP contribution in [0.4, 0.5) is 5.82 Å². The Hall–Kier alpha value is -2.43. The molecule has 21 heavy (non-hydrogen) atoms. The third-order valence-corrected chi connectivity index (χ3v) is 3.72. The molecule has 0 aliphatic carbocycles. The molecule has 2 N–H and O–H groups in total. The van der Waals surface area contributed by atoms with Gasteiger partial charge in [0.15, 0.2) is 0 Å². The number of anilines is 1. The number of nitrogens with zero attached hydrogens (tertiary/aromatic N) is 3. The zero-order chi connectivity index (χ0) is 14.7. The molecule has 5 nitrogen and oxygen atoms in total. The molecule has 0 saturated carbocycles. The van der Waals surface area contributed by atoms with Gasteiger partial charge in [0.1, 0.15) is 12.1 Å². The van der Waals surface area contributed by atoms with E-state index in [0.717, 1.165) is 41.8 Å². The normalized spacial score (nSPS) is 11.0. The first kappa shape index (κ1) is 13.5. The van der Waals surface area contributed by atoms with Crippen LogP contribution >= 0.6 is 0 Å². The second kappa shape index (κ2) is 5.91. The second-order valence-electron chi connectivity index (χ2n) is 5.29. The molecule has 2 heterocycles. The van der Waals surface area contributed by atoms with E-state index in [9.17, 15) is 0 Å². The van der Waals surface area contributed by atoms with Gasteiger partial charge in [0.25, 0.3) is 0 Å². The van der Waals surface area contributed by atoms with Crippen LogP contribution in [-0.4, -0.2) is 26.7 Å². The van der Waals surface area contributed by atoms with Gasteiger partial charge < -0.3 is 5.32 Å². The first-order valence-electron chi connectivity index (χ1n) is 7.18. The van der Waals surface area contributed by atoms with Gasteiger partial charge in [0.2, 0.25) is 0 Å². The lowest BCUT2D eigenvalue weighted by molar-refractivity contribution is 0.824. The number of aromatic nitrogens is 4. The summed E-state index contributed by atoms with van der Waals surface area (Å²) in [5, 5.41) is 11.4. The molecule has 0 unspecified atom stereocenters. The van der Waals surface area contributed by atoms with Gasteiger partial charge in [0.05, 0.1) is 5.52 Å². The summed E-state index contributed by atoms with van der Waals surface area (Å²) in [6, 6.07) is 6.27. The van der Waals surface area contributed by atoms with Gasteiger partial charge >= 0.3 is 0 Å². The summed E-state index contributed by atoms with van der Waals surface area (Å²) >= 11 is 0. The smallest absolute Gasteiger partial charge is 0.137 e. The predicted octanol–water partition coefficient (Wildman–Crippen LogP) is 3.01. The molecule has 0 bridgehead atoms. The number of hydrogen-bond acceptors (Lipinski definition) is 4. The Morgan fingerprint density at radius 1 is 1.14 bits per heavy atom. The van der Waals surface area contributed by atoms with Crippen LogP contribution in [0.1, 0.15) is 23.2 Å². The van der Waals surface area contributed by atoms with E-state index in [4.69, 9.17) is 0 Å². The van der Waals surface area contributed by atoms with Gasteiger partial charge in [-0.25, -0.2) is 9.97 Å². The van der Waals surface area contributed by atoms with Crippen molar-refractivity contribution in [2.24, 2.45) is 0 Å². The summed E-state index contributed by atoms with van der Waals surface area (Å²) < 4.78 is 0. The maximum atomic E-state index is 4.37.